The molecule has 6 heteroatoms. The monoisotopic (exact) mass is 326 g/mol. The summed E-state index contributed by atoms with van der Waals surface area (Å²) in [6.45, 7) is 7.82. The number of nitrogens with zero attached hydrogens (tertiary/aromatic N) is 4. The minimum Gasteiger partial charge on any atom is -0.293 e. The number of benzene rings is 1. The number of ketones is 1. The fourth-order valence-electron chi connectivity index (χ4n) is 2.44. The molecule has 2 heterocycles. The molecule has 0 saturated heterocycles. The van der Waals surface area contributed by atoms with Crippen molar-refractivity contribution in [3.63, 3.8) is 0 Å². The Hall–Kier alpha value is -2.21. The third-order valence-electron chi connectivity index (χ3n) is 3.65. The molecule has 3 aromatic rings. The van der Waals surface area contributed by atoms with Crippen LogP contribution >= 0.6 is 11.8 Å². The lowest BCUT2D eigenvalue weighted by Gasteiger charge is -2.10. The first-order chi connectivity index (χ1) is 11.0. The summed E-state index contributed by atoms with van der Waals surface area (Å²) >= 11 is 1.41. The van der Waals surface area contributed by atoms with Crippen molar-refractivity contribution in [1.82, 2.24) is 19.6 Å². The van der Waals surface area contributed by atoms with E-state index in [0.29, 0.717) is 10.9 Å². The van der Waals surface area contributed by atoms with E-state index in [1.54, 1.807) is 0 Å². The number of aryl methyl sites for hydroxylation is 3. The molecular weight excluding hydrogens is 308 g/mol. The van der Waals surface area contributed by atoms with Gasteiger partial charge in [-0.1, -0.05) is 41.6 Å². The number of thioether (sulfide) groups is 1. The predicted octanol–water partition coefficient (Wildman–Crippen LogP) is 3.41. The molecule has 0 bridgehead atoms. The standard InChI is InChI=1S/C17H18N4OS/c1-10-5-7-14(8-6-10)15(22)13(4)23-17-20-19-16-18-11(2)9-12(3)21(16)17/h5-9,13H,1-4H3. The summed E-state index contributed by atoms with van der Waals surface area (Å²) in [4.78, 5) is 16.9. The second-order valence-electron chi connectivity index (χ2n) is 5.65. The van der Waals surface area contributed by atoms with E-state index in [0.717, 1.165) is 22.5 Å². The van der Waals surface area contributed by atoms with Crippen molar-refractivity contribution in [2.24, 2.45) is 0 Å². The van der Waals surface area contributed by atoms with Crippen molar-refractivity contribution in [3.8, 4) is 0 Å². The van der Waals surface area contributed by atoms with E-state index in [2.05, 4.69) is 15.2 Å². The minimum absolute atomic E-state index is 0.0875. The molecule has 1 atom stereocenters. The first-order valence-corrected chi connectivity index (χ1v) is 8.30. The summed E-state index contributed by atoms with van der Waals surface area (Å²) in [6, 6.07) is 9.62. The fourth-order valence-corrected chi connectivity index (χ4v) is 3.42. The number of hydrogen-bond acceptors (Lipinski definition) is 5. The van der Waals surface area contributed by atoms with Crippen molar-refractivity contribution in [3.05, 3.63) is 52.8 Å². The van der Waals surface area contributed by atoms with E-state index in [-0.39, 0.29) is 11.0 Å². The van der Waals surface area contributed by atoms with Gasteiger partial charge in [0.15, 0.2) is 10.9 Å². The van der Waals surface area contributed by atoms with Crippen LogP contribution in [0.2, 0.25) is 0 Å². The Morgan fingerprint density at radius 2 is 1.83 bits per heavy atom. The number of rotatable bonds is 4. The Labute approximate surface area is 139 Å². The average Bonchev–Trinajstić information content (AvgIpc) is 2.90. The van der Waals surface area contributed by atoms with Gasteiger partial charge >= 0.3 is 0 Å². The molecule has 1 unspecified atom stereocenters. The number of carbonyl (C=O) groups excluding carboxylic acids is 1. The molecule has 0 fully saturated rings. The van der Waals surface area contributed by atoms with Gasteiger partial charge in [-0.25, -0.2) is 4.98 Å². The van der Waals surface area contributed by atoms with E-state index in [4.69, 9.17) is 0 Å². The number of aromatic nitrogens is 4. The summed E-state index contributed by atoms with van der Waals surface area (Å²) in [7, 11) is 0. The Balaban J connectivity index is 1.87. The number of fused-ring (bicyclic) bond motifs is 1. The first-order valence-electron chi connectivity index (χ1n) is 7.42. The molecule has 0 aliphatic carbocycles. The van der Waals surface area contributed by atoms with Crippen molar-refractivity contribution < 1.29 is 4.79 Å². The van der Waals surface area contributed by atoms with Crippen LogP contribution in [0.1, 0.15) is 34.2 Å². The average molecular weight is 326 g/mol. The van der Waals surface area contributed by atoms with Crippen LogP contribution in [0, 0.1) is 20.8 Å². The molecule has 0 amide bonds. The SMILES string of the molecule is Cc1ccc(C(=O)C(C)Sc2nnc3nc(C)cc(C)n23)cc1. The molecule has 0 aliphatic heterocycles. The predicted molar refractivity (Wildman–Crippen MR) is 91.1 cm³/mol. The van der Waals surface area contributed by atoms with E-state index in [9.17, 15) is 4.79 Å². The summed E-state index contributed by atoms with van der Waals surface area (Å²) in [5.74, 6) is 0.657. The highest BCUT2D eigenvalue weighted by Crippen LogP contribution is 2.25. The molecule has 3 rings (SSSR count). The second kappa shape index (κ2) is 6.12. The molecule has 0 saturated carbocycles. The number of Topliss-reactive ketones (excluding diaryl/α,β-unsaturated/α-hetero) is 1. The van der Waals surface area contributed by atoms with Gasteiger partial charge in [-0.2, -0.15) is 0 Å². The van der Waals surface area contributed by atoms with Crippen LogP contribution in [0.3, 0.4) is 0 Å². The van der Waals surface area contributed by atoms with Crippen LogP contribution in [0.25, 0.3) is 5.78 Å². The maximum atomic E-state index is 12.6. The van der Waals surface area contributed by atoms with Crippen LogP contribution in [0.5, 0.6) is 0 Å². The minimum atomic E-state index is -0.245. The number of hydrogen-bond donors (Lipinski definition) is 0. The lowest BCUT2D eigenvalue weighted by molar-refractivity contribution is 0.0994. The molecular formula is C17H18N4OS. The third kappa shape index (κ3) is 3.12. The van der Waals surface area contributed by atoms with Crippen LogP contribution < -0.4 is 0 Å². The normalized spacial score (nSPS) is 12.5. The van der Waals surface area contributed by atoms with Gasteiger partial charge in [0, 0.05) is 17.0 Å². The Bertz CT molecular complexity index is 870. The van der Waals surface area contributed by atoms with Gasteiger partial charge in [0.2, 0.25) is 0 Å². The molecule has 0 aliphatic rings. The van der Waals surface area contributed by atoms with Gasteiger partial charge < -0.3 is 0 Å². The lowest BCUT2D eigenvalue weighted by atomic mass is 10.1. The first kappa shape index (κ1) is 15.7. The quantitative estimate of drug-likeness (QED) is 0.543. The lowest BCUT2D eigenvalue weighted by Crippen LogP contribution is -2.14. The summed E-state index contributed by atoms with van der Waals surface area (Å²) in [5, 5.41) is 8.74. The van der Waals surface area contributed by atoms with Gasteiger partial charge in [-0.05, 0) is 33.8 Å². The van der Waals surface area contributed by atoms with Gasteiger partial charge in [-0.3, -0.25) is 9.20 Å². The molecule has 118 valence electrons. The molecule has 0 radical (unpaired) electrons. The topological polar surface area (TPSA) is 60.2 Å². The van der Waals surface area contributed by atoms with Crippen molar-refractivity contribution in [2.75, 3.05) is 0 Å². The largest absolute Gasteiger partial charge is 0.293 e. The van der Waals surface area contributed by atoms with Crippen molar-refractivity contribution in [1.29, 1.82) is 0 Å². The van der Waals surface area contributed by atoms with Gasteiger partial charge in [0.05, 0.1) is 5.25 Å². The summed E-state index contributed by atoms with van der Waals surface area (Å²) in [5.41, 5.74) is 3.77. The van der Waals surface area contributed by atoms with Crippen LogP contribution in [-0.2, 0) is 0 Å². The van der Waals surface area contributed by atoms with E-state index in [1.807, 2.05) is 62.4 Å². The highest BCUT2D eigenvalue weighted by atomic mass is 32.2. The second-order valence-corrected chi connectivity index (χ2v) is 6.96. The Kier molecular flexibility index (Phi) is 4.17. The Morgan fingerprint density at radius 1 is 1.13 bits per heavy atom. The van der Waals surface area contributed by atoms with Crippen molar-refractivity contribution >= 4 is 23.3 Å². The molecule has 2 aromatic heterocycles. The maximum Gasteiger partial charge on any atom is 0.256 e. The van der Waals surface area contributed by atoms with Gasteiger partial charge in [0.1, 0.15) is 0 Å². The third-order valence-corrected chi connectivity index (χ3v) is 4.69. The van der Waals surface area contributed by atoms with Crippen LogP contribution in [0.4, 0.5) is 0 Å². The Morgan fingerprint density at radius 3 is 2.52 bits per heavy atom. The fraction of sp³-hybridized carbons (Fsp3) is 0.294. The smallest absolute Gasteiger partial charge is 0.256 e. The van der Waals surface area contributed by atoms with E-state index in [1.165, 1.54) is 11.8 Å². The zero-order valence-corrected chi connectivity index (χ0v) is 14.4. The van der Waals surface area contributed by atoms with Gasteiger partial charge in [0.25, 0.3) is 5.78 Å². The number of carbonyl (C=O) groups is 1. The van der Waals surface area contributed by atoms with E-state index >= 15 is 0 Å². The highest BCUT2D eigenvalue weighted by molar-refractivity contribution is 8.00. The zero-order valence-electron chi connectivity index (χ0n) is 13.6. The molecule has 0 spiro atoms. The summed E-state index contributed by atoms with van der Waals surface area (Å²) in [6.07, 6.45) is 0. The highest BCUT2D eigenvalue weighted by Gasteiger charge is 2.20. The molecule has 1 aromatic carbocycles. The van der Waals surface area contributed by atoms with E-state index < -0.39 is 0 Å². The van der Waals surface area contributed by atoms with Crippen LogP contribution in [0.15, 0.2) is 35.5 Å². The van der Waals surface area contributed by atoms with Crippen LogP contribution in [-0.4, -0.2) is 30.6 Å². The van der Waals surface area contributed by atoms with Crippen molar-refractivity contribution in [2.45, 2.75) is 38.1 Å². The summed E-state index contributed by atoms with van der Waals surface area (Å²) < 4.78 is 1.89. The maximum absolute atomic E-state index is 12.6. The van der Waals surface area contributed by atoms with Gasteiger partial charge in [-0.15, -0.1) is 10.2 Å². The molecule has 0 N–H and O–H groups in total. The molecule has 5 nitrogen and oxygen atoms in total. The molecule has 23 heavy (non-hydrogen) atoms. The zero-order chi connectivity index (χ0) is 16.6.